The maximum atomic E-state index is 12.7. The Morgan fingerprint density at radius 3 is 2.65 bits per heavy atom. The molecule has 1 fully saturated rings. The molecule has 2 heterocycles. The third-order valence-corrected chi connectivity index (χ3v) is 7.16. The number of aromatic nitrogens is 3. The molecular formula is C29H24F3N7O3S. The van der Waals surface area contributed by atoms with Crippen molar-refractivity contribution in [3.05, 3.63) is 89.7 Å². The largest absolute Gasteiger partial charge is 0.573 e. The number of aliphatic imine (C=N–C) groups is 1. The van der Waals surface area contributed by atoms with Crippen molar-refractivity contribution in [2.75, 3.05) is 10.7 Å². The summed E-state index contributed by atoms with van der Waals surface area (Å²) in [6.07, 6.45) is -1.19. The number of nitrogens with zero attached hydrogens (tertiary/aromatic N) is 6. The molecule has 1 N–H and O–H groups in total. The Labute approximate surface area is 248 Å². The summed E-state index contributed by atoms with van der Waals surface area (Å²) in [5.41, 5.74) is 6.78. The second kappa shape index (κ2) is 12.5. The van der Waals surface area contributed by atoms with Crippen LogP contribution in [0.3, 0.4) is 0 Å². The van der Waals surface area contributed by atoms with Gasteiger partial charge < -0.3 is 4.74 Å². The van der Waals surface area contributed by atoms with Crippen molar-refractivity contribution in [2.24, 2.45) is 10.1 Å². The molecule has 1 aromatic heterocycles. The number of hydrogen-bond donors (Lipinski definition) is 1. The van der Waals surface area contributed by atoms with Crippen molar-refractivity contribution >= 4 is 40.8 Å². The summed E-state index contributed by atoms with van der Waals surface area (Å²) in [4.78, 5) is 35.1. The van der Waals surface area contributed by atoms with E-state index in [-0.39, 0.29) is 22.6 Å². The second-order valence-electron chi connectivity index (χ2n) is 9.20. The molecule has 0 unspecified atom stereocenters. The molecule has 0 atom stereocenters. The average Bonchev–Trinajstić information content (AvgIpc) is 3.60. The van der Waals surface area contributed by atoms with E-state index in [4.69, 9.17) is 0 Å². The number of carbonyl (C=O) groups excluding carboxylic acids is 2. The van der Waals surface area contributed by atoms with Gasteiger partial charge in [0.15, 0.2) is 11.0 Å². The van der Waals surface area contributed by atoms with Crippen LogP contribution in [-0.4, -0.2) is 50.2 Å². The van der Waals surface area contributed by atoms with Crippen LogP contribution in [0.15, 0.2) is 83.2 Å². The third-order valence-electron chi connectivity index (χ3n) is 6.23. The summed E-state index contributed by atoms with van der Waals surface area (Å²) in [6, 6.07) is 17.3. The van der Waals surface area contributed by atoms with Gasteiger partial charge in [0.2, 0.25) is 5.91 Å². The number of halogens is 3. The van der Waals surface area contributed by atoms with Crippen molar-refractivity contribution in [3.8, 4) is 22.8 Å². The predicted molar refractivity (Wildman–Crippen MR) is 158 cm³/mol. The van der Waals surface area contributed by atoms with Gasteiger partial charge in [-0.2, -0.15) is 10.1 Å². The monoisotopic (exact) mass is 607 g/mol. The number of nitrogens with one attached hydrogen (secondary N) is 1. The molecule has 0 aliphatic carbocycles. The lowest BCUT2D eigenvalue weighted by atomic mass is 10.0. The maximum Gasteiger partial charge on any atom is 0.573 e. The molecular weight excluding hydrogens is 583 g/mol. The second-order valence-corrected chi connectivity index (χ2v) is 10.1. The number of amides is 3. The Bertz CT molecular complexity index is 1720. The van der Waals surface area contributed by atoms with E-state index in [1.54, 1.807) is 24.3 Å². The van der Waals surface area contributed by atoms with Gasteiger partial charge in [-0.05, 0) is 60.4 Å². The first kappa shape index (κ1) is 29.5. The van der Waals surface area contributed by atoms with Crippen molar-refractivity contribution in [1.82, 2.24) is 20.2 Å². The minimum absolute atomic E-state index is 0.149. The minimum atomic E-state index is -4.77. The summed E-state index contributed by atoms with van der Waals surface area (Å²) in [6.45, 7) is 3.91. The smallest absolute Gasteiger partial charge is 0.406 e. The standard InChI is InChI=1S/C29H24F3N7O3S/c1-3-20-8-4-6-18(2)25(20)39-24(40)16-43-28(39)35-27(41)36-34-15-19-7-5-9-21(14-19)26-33-17-38(37-26)22-10-12-23(13-11-22)42-29(30,31)32/h4-15,17H,3,16H2,1-2H3,(H,36,41)/b34-15+,35-28-. The molecule has 1 aliphatic heterocycles. The number of thioether (sulfide) groups is 1. The van der Waals surface area contributed by atoms with Crippen molar-refractivity contribution in [2.45, 2.75) is 26.6 Å². The number of benzene rings is 3. The summed E-state index contributed by atoms with van der Waals surface area (Å²) < 4.78 is 42.5. The molecule has 1 saturated heterocycles. The van der Waals surface area contributed by atoms with E-state index in [2.05, 4.69) is 30.3 Å². The molecule has 1 aliphatic rings. The zero-order valence-electron chi connectivity index (χ0n) is 22.9. The van der Waals surface area contributed by atoms with E-state index in [1.165, 1.54) is 58.2 Å². The van der Waals surface area contributed by atoms with E-state index < -0.39 is 12.4 Å². The van der Waals surface area contributed by atoms with Gasteiger partial charge in [0.25, 0.3) is 0 Å². The number of rotatable bonds is 7. The highest BCUT2D eigenvalue weighted by Gasteiger charge is 2.33. The molecule has 0 bridgehead atoms. The summed E-state index contributed by atoms with van der Waals surface area (Å²) in [7, 11) is 0. The number of carbonyl (C=O) groups is 2. The zero-order valence-corrected chi connectivity index (χ0v) is 23.7. The first-order chi connectivity index (χ1) is 20.6. The fourth-order valence-corrected chi connectivity index (χ4v) is 5.19. The summed E-state index contributed by atoms with van der Waals surface area (Å²) in [5, 5.41) is 8.67. The van der Waals surface area contributed by atoms with Gasteiger partial charge in [-0.25, -0.2) is 19.9 Å². The Kier molecular flexibility index (Phi) is 8.57. The van der Waals surface area contributed by atoms with Gasteiger partial charge in [-0.15, -0.1) is 18.3 Å². The number of hydrogen-bond acceptors (Lipinski definition) is 7. The van der Waals surface area contributed by atoms with Crippen LogP contribution in [-0.2, 0) is 11.2 Å². The molecule has 14 heteroatoms. The minimum Gasteiger partial charge on any atom is -0.406 e. The van der Waals surface area contributed by atoms with Crippen molar-refractivity contribution in [3.63, 3.8) is 0 Å². The predicted octanol–water partition coefficient (Wildman–Crippen LogP) is 5.88. The van der Waals surface area contributed by atoms with Crippen molar-refractivity contribution < 1.29 is 27.5 Å². The Morgan fingerprint density at radius 2 is 1.91 bits per heavy atom. The Hall–Kier alpha value is -4.98. The molecule has 3 amide bonds. The first-order valence-corrected chi connectivity index (χ1v) is 13.9. The molecule has 10 nitrogen and oxygen atoms in total. The number of para-hydroxylation sites is 1. The van der Waals surface area contributed by atoms with Crippen LogP contribution in [0.1, 0.15) is 23.6 Å². The molecule has 4 aromatic rings. The Morgan fingerprint density at radius 1 is 1.14 bits per heavy atom. The first-order valence-electron chi connectivity index (χ1n) is 13.0. The van der Waals surface area contributed by atoms with Crippen LogP contribution in [0.4, 0.5) is 23.7 Å². The number of ether oxygens (including phenoxy) is 1. The zero-order chi connectivity index (χ0) is 30.6. The topological polar surface area (TPSA) is 114 Å². The Balaban J connectivity index is 1.25. The number of alkyl halides is 3. The highest BCUT2D eigenvalue weighted by atomic mass is 32.2. The van der Waals surface area contributed by atoms with Gasteiger partial charge in [-0.1, -0.05) is 55.1 Å². The quantitative estimate of drug-likeness (QED) is 0.207. The molecule has 0 saturated carbocycles. The number of amidine groups is 1. The van der Waals surface area contributed by atoms with E-state index >= 15 is 0 Å². The van der Waals surface area contributed by atoms with Crippen LogP contribution in [0.5, 0.6) is 5.75 Å². The van der Waals surface area contributed by atoms with Crippen LogP contribution >= 0.6 is 11.8 Å². The summed E-state index contributed by atoms with van der Waals surface area (Å²) in [5.74, 6) is 0.0597. The highest BCUT2D eigenvalue weighted by molar-refractivity contribution is 8.15. The molecule has 3 aromatic carbocycles. The molecule has 43 heavy (non-hydrogen) atoms. The van der Waals surface area contributed by atoms with Crippen LogP contribution < -0.4 is 15.1 Å². The fraction of sp³-hybridized carbons (Fsp3) is 0.172. The molecule has 220 valence electrons. The van der Waals surface area contributed by atoms with Gasteiger partial charge >= 0.3 is 12.4 Å². The summed E-state index contributed by atoms with van der Waals surface area (Å²) >= 11 is 1.19. The average molecular weight is 608 g/mol. The fourth-order valence-electron chi connectivity index (χ4n) is 4.34. The number of anilines is 1. The van der Waals surface area contributed by atoms with Crippen LogP contribution in [0.2, 0.25) is 0 Å². The lowest BCUT2D eigenvalue weighted by molar-refractivity contribution is -0.274. The van der Waals surface area contributed by atoms with E-state index in [1.807, 2.05) is 32.0 Å². The molecule has 0 radical (unpaired) electrons. The molecule has 0 spiro atoms. The number of aryl methyl sites for hydroxylation is 2. The van der Waals surface area contributed by atoms with Gasteiger partial charge in [0.1, 0.15) is 12.1 Å². The van der Waals surface area contributed by atoms with Gasteiger partial charge in [-0.3, -0.25) is 9.69 Å². The highest BCUT2D eigenvalue weighted by Crippen LogP contribution is 2.33. The number of hydrazone groups is 1. The lowest BCUT2D eigenvalue weighted by Gasteiger charge is -2.21. The van der Waals surface area contributed by atoms with Crippen LogP contribution in [0, 0.1) is 6.92 Å². The van der Waals surface area contributed by atoms with E-state index in [0.29, 0.717) is 22.6 Å². The third kappa shape index (κ3) is 7.09. The SMILES string of the molecule is CCc1cccc(C)c1N1C(=O)CS/C1=N\C(=O)N/N=C/c1cccc(-c2ncn(-c3ccc(OC(F)(F)F)cc3)n2)c1. The van der Waals surface area contributed by atoms with E-state index in [9.17, 15) is 22.8 Å². The van der Waals surface area contributed by atoms with Crippen LogP contribution in [0.25, 0.3) is 17.1 Å². The molecule has 5 rings (SSSR count). The van der Waals surface area contributed by atoms with E-state index in [0.717, 1.165) is 23.2 Å². The van der Waals surface area contributed by atoms with Crippen molar-refractivity contribution in [1.29, 1.82) is 0 Å². The maximum absolute atomic E-state index is 12.7. The number of urea groups is 1. The van der Waals surface area contributed by atoms with Gasteiger partial charge in [0, 0.05) is 5.56 Å². The normalized spacial score (nSPS) is 14.6. The van der Waals surface area contributed by atoms with Gasteiger partial charge in [0.05, 0.1) is 23.3 Å². The lowest BCUT2D eigenvalue weighted by Crippen LogP contribution is -2.32.